The van der Waals surface area contributed by atoms with E-state index in [1.807, 2.05) is 18.3 Å². The van der Waals surface area contributed by atoms with Crippen molar-refractivity contribution in [2.75, 3.05) is 0 Å². The lowest BCUT2D eigenvalue weighted by molar-refractivity contribution is 1.15. The molecule has 0 unspecified atom stereocenters. The third-order valence-corrected chi connectivity index (χ3v) is 2.27. The monoisotopic (exact) mass is 267 g/mol. The fourth-order valence-corrected chi connectivity index (χ4v) is 1.22. The predicted octanol–water partition coefficient (Wildman–Crippen LogP) is 2.76. The standard InChI is InChI=1S/C7H7ClIN/c8-3-6-1-2-7(4-9)10-5-6/h1-2,5H,3-4H2. The predicted molar refractivity (Wildman–Crippen MR) is 51.5 cm³/mol. The van der Waals surface area contributed by atoms with E-state index in [0.717, 1.165) is 15.7 Å². The molecular formula is C7H7ClIN. The van der Waals surface area contributed by atoms with Gasteiger partial charge in [-0.15, -0.1) is 11.6 Å². The van der Waals surface area contributed by atoms with Crippen LogP contribution in [-0.4, -0.2) is 4.98 Å². The quantitative estimate of drug-likeness (QED) is 0.593. The van der Waals surface area contributed by atoms with Gasteiger partial charge in [-0.3, -0.25) is 4.98 Å². The summed E-state index contributed by atoms with van der Waals surface area (Å²) in [5.74, 6) is 0.550. The third kappa shape index (κ3) is 2.09. The van der Waals surface area contributed by atoms with Crippen molar-refractivity contribution in [1.29, 1.82) is 0 Å². The molecule has 0 fully saturated rings. The average Bonchev–Trinajstić information content (AvgIpc) is 2.05. The molecule has 54 valence electrons. The first kappa shape index (κ1) is 8.27. The Bertz CT molecular complexity index is 174. The Balaban J connectivity index is 2.80. The Morgan fingerprint density at radius 1 is 1.50 bits per heavy atom. The molecule has 1 nitrogen and oxygen atoms in total. The number of halogens is 2. The molecule has 0 radical (unpaired) electrons. The van der Waals surface area contributed by atoms with E-state index in [1.165, 1.54) is 0 Å². The van der Waals surface area contributed by atoms with E-state index in [0.29, 0.717) is 5.88 Å². The highest BCUT2D eigenvalue weighted by Gasteiger charge is 1.91. The highest BCUT2D eigenvalue weighted by atomic mass is 127. The van der Waals surface area contributed by atoms with Gasteiger partial charge in [-0.05, 0) is 11.6 Å². The molecule has 1 aromatic rings. The van der Waals surface area contributed by atoms with Gasteiger partial charge in [-0.2, -0.15) is 0 Å². The number of aromatic nitrogens is 1. The maximum absolute atomic E-state index is 5.58. The van der Waals surface area contributed by atoms with Gasteiger partial charge in [0.25, 0.3) is 0 Å². The lowest BCUT2D eigenvalue weighted by Gasteiger charge is -1.95. The summed E-state index contributed by atoms with van der Waals surface area (Å²) in [4.78, 5) is 4.18. The zero-order valence-corrected chi connectivity index (χ0v) is 8.26. The van der Waals surface area contributed by atoms with Gasteiger partial charge in [0.2, 0.25) is 0 Å². The summed E-state index contributed by atoms with van der Waals surface area (Å²) < 4.78 is 0.959. The zero-order valence-electron chi connectivity index (χ0n) is 5.35. The molecule has 0 N–H and O–H groups in total. The summed E-state index contributed by atoms with van der Waals surface area (Å²) in [5.41, 5.74) is 2.18. The third-order valence-electron chi connectivity index (χ3n) is 1.18. The Morgan fingerprint density at radius 3 is 2.70 bits per heavy atom. The van der Waals surface area contributed by atoms with Crippen molar-refractivity contribution in [3.05, 3.63) is 29.6 Å². The second kappa shape index (κ2) is 4.13. The van der Waals surface area contributed by atoms with E-state index in [1.54, 1.807) is 0 Å². The molecule has 0 aliphatic carbocycles. The fourth-order valence-electron chi connectivity index (χ4n) is 0.613. The summed E-state index contributed by atoms with van der Waals surface area (Å²) in [5, 5.41) is 0. The van der Waals surface area contributed by atoms with Crippen LogP contribution < -0.4 is 0 Å². The fraction of sp³-hybridized carbons (Fsp3) is 0.286. The molecule has 0 aliphatic rings. The molecular weight excluding hydrogens is 260 g/mol. The van der Waals surface area contributed by atoms with Gasteiger partial charge in [0, 0.05) is 16.5 Å². The number of rotatable bonds is 2. The molecule has 1 rings (SSSR count). The van der Waals surface area contributed by atoms with Gasteiger partial charge in [-0.1, -0.05) is 28.7 Å². The lowest BCUT2D eigenvalue weighted by atomic mass is 10.3. The minimum absolute atomic E-state index is 0.550. The Kier molecular flexibility index (Phi) is 3.42. The largest absolute Gasteiger partial charge is 0.260 e. The Morgan fingerprint density at radius 2 is 2.30 bits per heavy atom. The Labute approximate surface area is 78.9 Å². The van der Waals surface area contributed by atoms with Crippen molar-refractivity contribution in [3.8, 4) is 0 Å². The van der Waals surface area contributed by atoms with Crippen LogP contribution in [0.25, 0.3) is 0 Å². The van der Waals surface area contributed by atoms with Gasteiger partial charge in [-0.25, -0.2) is 0 Å². The van der Waals surface area contributed by atoms with Crippen LogP contribution in [0.15, 0.2) is 18.3 Å². The maximum atomic E-state index is 5.58. The van der Waals surface area contributed by atoms with Crippen LogP contribution in [0.4, 0.5) is 0 Å². The van der Waals surface area contributed by atoms with Crippen LogP contribution in [0, 0.1) is 0 Å². The van der Waals surface area contributed by atoms with Crippen LogP contribution in [0.3, 0.4) is 0 Å². The molecule has 0 saturated heterocycles. The maximum Gasteiger partial charge on any atom is 0.0501 e. The van der Waals surface area contributed by atoms with Crippen LogP contribution in [-0.2, 0) is 10.3 Å². The Hall–Kier alpha value is 0.170. The number of hydrogen-bond donors (Lipinski definition) is 0. The van der Waals surface area contributed by atoms with Crippen molar-refractivity contribution in [1.82, 2.24) is 4.98 Å². The van der Waals surface area contributed by atoms with Crippen molar-refractivity contribution in [3.63, 3.8) is 0 Å². The summed E-state index contributed by atoms with van der Waals surface area (Å²) in [6, 6.07) is 4.01. The summed E-state index contributed by atoms with van der Waals surface area (Å²) in [6.07, 6.45) is 1.82. The van der Waals surface area contributed by atoms with Gasteiger partial charge >= 0.3 is 0 Å². The van der Waals surface area contributed by atoms with Crippen molar-refractivity contribution >= 4 is 34.2 Å². The van der Waals surface area contributed by atoms with Gasteiger partial charge in [0.1, 0.15) is 0 Å². The first-order valence-electron chi connectivity index (χ1n) is 2.92. The zero-order chi connectivity index (χ0) is 7.40. The summed E-state index contributed by atoms with van der Waals surface area (Å²) >= 11 is 7.86. The number of alkyl halides is 2. The van der Waals surface area contributed by atoms with E-state index in [4.69, 9.17) is 11.6 Å². The van der Waals surface area contributed by atoms with Crippen LogP contribution in [0.5, 0.6) is 0 Å². The highest BCUT2D eigenvalue weighted by Crippen LogP contribution is 2.05. The summed E-state index contributed by atoms with van der Waals surface area (Å²) in [7, 11) is 0. The smallest absolute Gasteiger partial charge is 0.0501 e. The normalized spacial score (nSPS) is 9.80. The molecule has 0 aromatic carbocycles. The van der Waals surface area contributed by atoms with E-state index in [2.05, 4.69) is 27.6 Å². The van der Waals surface area contributed by atoms with E-state index in [-0.39, 0.29) is 0 Å². The lowest BCUT2D eigenvalue weighted by Crippen LogP contribution is -1.85. The molecule has 0 spiro atoms. The first-order chi connectivity index (χ1) is 4.86. The van der Waals surface area contributed by atoms with E-state index < -0.39 is 0 Å². The second-order valence-corrected chi connectivity index (χ2v) is 2.96. The van der Waals surface area contributed by atoms with Crippen LogP contribution >= 0.6 is 34.2 Å². The molecule has 0 atom stereocenters. The van der Waals surface area contributed by atoms with E-state index in [9.17, 15) is 0 Å². The van der Waals surface area contributed by atoms with E-state index >= 15 is 0 Å². The SMILES string of the molecule is ClCc1ccc(CI)nc1. The van der Waals surface area contributed by atoms with Gasteiger partial charge in [0.05, 0.1) is 5.69 Å². The number of pyridine rings is 1. The number of hydrogen-bond acceptors (Lipinski definition) is 1. The second-order valence-electron chi connectivity index (χ2n) is 1.93. The highest BCUT2D eigenvalue weighted by molar-refractivity contribution is 14.1. The topological polar surface area (TPSA) is 12.9 Å². The van der Waals surface area contributed by atoms with Crippen molar-refractivity contribution < 1.29 is 0 Å². The molecule has 0 saturated carbocycles. The molecule has 1 heterocycles. The molecule has 0 bridgehead atoms. The molecule has 10 heavy (non-hydrogen) atoms. The molecule has 1 aromatic heterocycles. The first-order valence-corrected chi connectivity index (χ1v) is 4.98. The molecule has 0 aliphatic heterocycles. The minimum atomic E-state index is 0.550. The van der Waals surface area contributed by atoms with Crippen molar-refractivity contribution in [2.24, 2.45) is 0 Å². The molecule has 0 amide bonds. The summed E-state index contributed by atoms with van der Waals surface area (Å²) in [6.45, 7) is 0. The van der Waals surface area contributed by atoms with Crippen molar-refractivity contribution in [2.45, 2.75) is 10.3 Å². The van der Waals surface area contributed by atoms with Crippen LogP contribution in [0.2, 0.25) is 0 Å². The number of nitrogens with zero attached hydrogens (tertiary/aromatic N) is 1. The average molecular weight is 267 g/mol. The van der Waals surface area contributed by atoms with Gasteiger partial charge < -0.3 is 0 Å². The van der Waals surface area contributed by atoms with Crippen LogP contribution in [0.1, 0.15) is 11.3 Å². The minimum Gasteiger partial charge on any atom is -0.260 e. The van der Waals surface area contributed by atoms with Gasteiger partial charge in [0.15, 0.2) is 0 Å². The molecule has 3 heteroatoms.